The summed E-state index contributed by atoms with van der Waals surface area (Å²) in [7, 11) is 0. The van der Waals surface area contributed by atoms with Crippen LogP contribution in [0.3, 0.4) is 0 Å². The third kappa shape index (κ3) is 3.20. The van der Waals surface area contributed by atoms with E-state index in [2.05, 4.69) is 30.7 Å². The topological polar surface area (TPSA) is 78.8 Å². The monoisotopic (exact) mass is 348 g/mol. The second kappa shape index (κ2) is 6.70. The highest BCUT2D eigenvalue weighted by molar-refractivity contribution is 6.30. The lowest BCUT2D eigenvalue weighted by molar-refractivity contribution is 1.03. The van der Waals surface area contributed by atoms with Crippen molar-refractivity contribution in [1.29, 1.82) is 0 Å². The second-order valence-electron chi connectivity index (χ2n) is 5.30. The van der Waals surface area contributed by atoms with E-state index in [0.29, 0.717) is 22.4 Å². The Hall–Kier alpha value is -3.25. The van der Waals surface area contributed by atoms with Crippen LogP contribution in [-0.2, 0) is 0 Å². The van der Waals surface area contributed by atoms with Crippen LogP contribution in [0.25, 0.3) is 22.3 Å². The molecule has 0 fully saturated rings. The zero-order valence-corrected chi connectivity index (χ0v) is 13.8. The van der Waals surface area contributed by atoms with Crippen LogP contribution in [0.2, 0.25) is 5.02 Å². The number of rotatable bonds is 4. The quantitative estimate of drug-likeness (QED) is 0.429. The number of hydrogen-bond acceptors (Lipinski definition) is 5. The van der Waals surface area contributed by atoms with Gasteiger partial charge in [-0.2, -0.15) is 5.10 Å². The van der Waals surface area contributed by atoms with E-state index >= 15 is 0 Å². The van der Waals surface area contributed by atoms with Gasteiger partial charge < -0.3 is 4.98 Å². The lowest BCUT2D eigenvalue weighted by Gasteiger charge is -2.07. The van der Waals surface area contributed by atoms with Crippen molar-refractivity contribution in [2.75, 3.05) is 5.43 Å². The highest BCUT2D eigenvalue weighted by Gasteiger charge is 2.11. The van der Waals surface area contributed by atoms with Gasteiger partial charge in [-0.15, -0.1) is 10.2 Å². The van der Waals surface area contributed by atoms with Gasteiger partial charge in [0.1, 0.15) is 5.69 Å². The first-order chi connectivity index (χ1) is 12.3. The summed E-state index contributed by atoms with van der Waals surface area (Å²) in [5.74, 6) is 1.26. The molecule has 0 aliphatic carbocycles. The standard InChI is InChI=1S/C18H13ClN6/c19-13-7-5-12(6-8-13)11-22-24-17-15-4-2-1-3-14(15)16(23-25-17)18-20-9-10-21-18/h1-11H,(H,20,21)(H,24,25)/b22-11+. The van der Waals surface area contributed by atoms with E-state index in [4.69, 9.17) is 11.6 Å². The molecule has 0 amide bonds. The van der Waals surface area contributed by atoms with Crippen LogP contribution in [0, 0.1) is 0 Å². The summed E-state index contributed by atoms with van der Waals surface area (Å²) in [6.45, 7) is 0. The number of aromatic nitrogens is 4. The fourth-order valence-electron chi connectivity index (χ4n) is 2.47. The van der Waals surface area contributed by atoms with Crippen molar-refractivity contribution in [1.82, 2.24) is 20.2 Å². The Bertz CT molecular complexity index is 1030. The molecule has 7 heteroatoms. The Balaban J connectivity index is 1.66. The van der Waals surface area contributed by atoms with Crippen LogP contribution in [0.5, 0.6) is 0 Å². The van der Waals surface area contributed by atoms with Crippen molar-refractivity contribution < 1.29 is 0 Å². The maximum atomic E-state index is 5.88. The predicted octanol–water partition coefficient (Wildman–Crippen LogP) is 4.12. The minimum atomic E-state index is 0.580. The number of hydrogen-bond donors (Lipinski definition) is 2. The minimum absolute atomic E-state index is 0.580. The highest BCUT2D eigenvalue weighted by atomic mass is 35.5. The molecule has 0 spiro atoms. The summed E-state index contributed by atoms with van der Waals surface area (Å²) in [5, 5.41) is 15.3. The molecule has 0 aliphatic rings. The zero-order chi connectivity index (χ0) is 17.1. The first kappa shape index (κ1) is 15.3. The van der Waals surface area contributed by atoms with Gasteiger partial charge in [-0.3, -0.25) is 5.43 Å². The number of nitrogens with zero attached hydrogens (tertiary/aromatic N) is 4. The molecule has 0 aliphatic heterocycles. The van der Waals surface area contributed by atoms with Gasteiger partial charge in [0.15, 0.2) is 11.6 Å². The largest absolute Gasteiger partial charge is 0.343 e. The van der Waals surface area contributed by atoms with Crippen molar-refractivity contribution >= 4 is 34.4 Å². The second-order valence-corrected chi connectivity index (χ2v) is 5.74. The van der Waals surface area contributed by atoms with Gasteiger partial charge in [0.25, 0.3) is 0 Å². The fourth-order valence-corrected chi connectivity index (χ4v) is 2.60. The molecule has 2 aromatic carbocycles. The normalized spacial score (nSPS) is 11.2. The van der Waals surface area contributed by atoms with E-state index in [-0.39, 0.29) is 0 Å². The molecule has 2 heterocycles. The number of anilines is 1. The van der Waals surface area contributed by atoms with Crippen LogP contribution in [0.15, 0.2) is 66.0 Å². The molecular weight excluding hydrogens is 336 g/mol. The average molecular weight is 349 g/mol. The molecule has 122 valence electrons. The third-order valence-electron chi connectivity index (χ3n) is 3.66. The van der Waals surface area contributed by atoms with E-state index in [1.807, 2.05) is 48.5 Å². The van der Waals surface area contributed by atoms with E-state index in [1.165, 1.54) is 0 Å². The molecular formula is C18H13ClN6. The Morgan fingerprint density at radius 2 is 1.80 bits per heavy atom. The highest BCUT2D eigenvalue weighted by Crippen LogP contribution is 2.27. The molecule has 2 aromatic heterocycles. The smallest absolute Gasteiger partial charge is 0.176 e. The molecule has 0 unspecified atom stereocenters. The molecule has 2 N–H and O–H groups in total. The van der Waals surface area contributed by atoms with Crippen LogP contribution in [0.1, 0.15) is 5.56 Å². The predicted molar refractivity (Wildman–Crippen MR) is 99.8 cm³/mol. The van der Waals surface area contributed by atoms with Gasteiger partial charge in [0.05, 0.1) is 6.21 Å². The molecule has 6 nitrogen and oxygen atoms in total. The Morgan fingerprint density at radius 1 is 1.00 bits per heavy atom. The summed E-state index contributed by atoms with van der Waals surface area (Å²) >= 11 is 5.88. The Labute approximate surface area is 148 Å². The number of aromatic amines is 1. The summed E-state index contributed by atoms with van der Waals surface area (Å²) in [6, 6.07) is 15.3. The summed E-state index contributed by atoms with van der Waals surface area (Å²) in [6.07, 6.45) is 5.15. The van der Waals surface area contributed by atoms with Crippen LogP contribution >= 0.6 is 11.6 Å². The number of H-pyrrole nitrogens is 1. The SMILES string of the molecule is Clc1ccc(/C=N/Nc2nnc(-c3ncc[nH]3)c3ccccc23)cc1. The van der Waals surface area contributed by atoms with Gasteiger partial charge in [0, 0.05) is 28.2 Å². The van der Waals surface area contributed by atoms with E-state index < -0.39 is 0 Å². The minimum Gasteiger partial charge on any atom is -0.343 e. The molecule has 0 saturated heterocycles. The zero-order valence-electron chi connectivity index (χ0n) is 13.0. The molecule has 0 bridgehead atoms. The molecule has 0 radical (unpaired) electrons. The Kier molecular flexibility index (Phi) is 4.10. The third-order valence-corrected chi connectivity index (χ3v) is 3.92. The summed E-state index contributed by atoms with van der Waals surface area (Å²) in [4.78, 5) is 7.32. The molecule has 4 rings (SSSR count). The van der Waals surface area contributed by atoms with Gasteiger partial charge in [-0.25, -0.2) is 4.98 Å². The van der Waals surface area contributed by atoms with Crippen molar-refractivity contribution in [2.45, 2.75) is 0 Å². The lowest BCUT2D eigenvalue weighted by Crippen LogP contribution is -1.99. The van der Waals surface area contributed by atoms with Crippen LogP contribution < -0.4 is 5.43 Å². The van der Waals surface area contributed by atoms with Gasteiger partial charge in [-0.1, -0.05) is 48.0 Å². The number of hydrazone groups is 1. The maximum absolute atomic E-state index is 5.88. The number of halogens is 1. The molecule has 25 heavy (non-hydrogen) atoms. The summed E-state index contributed by atoms with van der Waals surface area (Å²) < 4.78 is 0. The van der Waals surface area contributed by atoms with Gasteiger partial charge in [0.2, 0.25) is 0 Å². The van der Waals surface area contributed by atoms with Crippen LogP contribution in [-0.4, -0.2) is 26.4 Å². The van der Waals surface area contributed by atoms with E-state index in [1.54, 1.807) is 18.6 Å². The molecule has 0 atom stereocenters. The van der Waals surface area contributed by atoms with Crippen molar-refractivity contribution in [3.63, 3.8) is 0 Å². The maximum Gasteiger partial charge on any atom is 0.176 e. The number of benzene rings is 2. The first-order valence-corrected chi connectivity index (χ1v) is 7.99. The first-order valence-electron chi connectivity index (χ1n) is 7.61. The average Bonchev–Trinajstić information content (AvgIpc) is 3.18. The van der Waals surface area contributed by atoms with Crippen molar-refractivity contribution in [3.05, 3.63) is 71.5 Å². The lowest BCUT2D eigenvalue weighted by atomic mass is 10.1. The van der Waals surface area contributed by atoms with Crippen LogP contribution in [0.4, 0.5) is 5.82 Å². The van der Waals surface area contributed by atoms with E-state index in [9.17, 15) is 0 Å². The van der Waals surface area contributed by atoms with Gasteiger partial charge in [-0.05, 0) is 17.7 Å². The molecule has 4 aromatic rings. The Morgan fingerprint density at radius 3 is 2.56 bits per heavy atom. The fraction of sp³-hybridized carbons (Fsp3) is 0. The number of nitrogens with one attached hydrogen (secondary N) is 2. The van der Waals surface area contributed by atoms with Gasteiger partial charge >= 0.3 is 0 Å². The molecule has 0 saturated carbocycles. The van der Waals surface area contributed by atoms with E-state index in [0.717, 1.165) is 16.3 Å². The van der Waals surface area contributed by atoms with Crippen molar-refractivity contribution in [2.24, 2.45) is 5.10 Å². The number of fused-ring (bicyclic) bond motifs is 1. The number of imidazole rings is 1. The summed E-state index contributed by atoms with van der Waals surface area (Å²) in [5.41, 5.74) is 4.59. The van der Waals surface area contributed by atoms with Crippen molar-refractivity contribution in [3.8, 4) is 11.5 Å².